The molecule has 6 heteroatoms. The molecule has 2 rings (SSSR count). The summed E-state index contributed by atoms with van der Waals surface area (Å²) in [6.45, 7) is 2.48. The lowest BCUT2D eigenvalue weighted by Crippen LogP contribution is -2.14. The Labute approximate surface area is 104 Å². The van der Waals surface area contributed by atoms with E-state index >= 15 is 0 Å². The van der Waals surface area contributed by atoms with Crippen LogP contribution < -0.4 is 15.2 Å². The highest BCUT2D eigenvalue weighted by atomic mass is 16.5. The number of nitrogens with zero attached hydrogens (tertiary/aromatic N) is 2. The van der Waals surface area contributed by atoms with Crippen LogP contribution in [0.3, 0.4) is 0 Å². The molecule has 0 unspecified atom stereocenters. The zero-order chi connectivity index (χ0) is 13.0. The molecule has 1 N–H and O–H groups in total. The summed E-state index contributed by atoms with van der Waals surface area (Å²) < 4.78 is 10.2. The molecule has 1 heterocycles. The maximum absolute atomic E-state index is 11.3. The molecule has 94 valence electrons. The number of benzene rings is 1. The summed E-state index contributed by atoms with van der Waals surface area (Å²) in [4.78, 5) is 21.5. The normalized spacial score (nSPS) is 10.1. The Kier molecular flexibility index (Phi) is 3.57. The van der Waals surface area contributed by atoms with Gasteiger partial charge in [-0.3, -0.25) is 4.98 Å². The SMILES string of the molecule is CCOc1cccc(-c2nc(OC)nc(=O)[nH]2)c1. The third kappa shape index (κ3) is 2.65. The van der Waals surface area contributed by atoms with Crippen LogP contribution in [-0.4, -0.2) is 28.7 Å². The van der Waals surface area contributed by atoms with Gasteiger partial charge in [0.05, 0.1) is 13.7 Å². The summed E-state index contributed by atoms with van der Waals surface area (Å²) in [6.07, 6.45) is 0. The first kappa shape index (κ1) is 12.1. The van der Waals surface area contributed by atoms with E-state index in [0.717, 1.165) is 5.56 Å². The summed E-state index contributed by atoms with van der Waals surface area (Å²) in [5.74, 6) is 1.11. The summed E-state index contributed by atoms with van der Waals surface area (Å²) in [5.41, 5.74) is 0.234. The second-order valence-corrected chi connectivity index (χ2v) is 3.45. The van der Waals surface area contributed by atoms with E-state index in [0.29, 0.717) is 18.2 Å². The van der Waals surface area contributed by atoms with Crippen LogP contribution in [0.1, 0.15) is 6.92 Å². The quantitative estimate of drug-likeness (QED) is 0.879. The number of H-pyrrole nitrogens is 1. The van der Waals surface area contributed by atoms with Crippen molar-refractivity contribution in [1.82, 2.24) is 15.0 Å². The highest BCUT2D eigenvalue weighted by Gasteiger charge is 2.06. The summed E-state index contributed by atoms with van der Waals surface area (Å²) in [5, 5.41) is 0. The van der Waals surface area contributed by atoms with Crippen LogP contribution in [0, 0.1) is 0 Å². The number of nitrogens with one attached hydrogen (secondary N) is 1. The van der Waals surface area contributed by atoms with Gasteiger partial charge < -0.3 is 9.47 Å². The minimum atomic E-state index is -0.501. The molecule has 6 nitrogen and oxygen atoms in total. The standard InChI is InChI=1S/C12H13N3O3/c1-3-18-9-6-4-5-8(7-9)10-13-11(16)15-12(14-10)17-2/h4-7H,3H2,1-2H3,(H,13,14,15,16). The van der Waals surface area contributed by atoms with E-state index in [1.165, 1.54) is 7.11 Å². The Morgan fingerprint density at radius 1 is 1.33 bits per heavy atom. The largest absolute Gasteiger partial charge is 0.494 e. The number of methoxy groups -OCH3 is 1. The van der Waals surface area contributed by atoms with Gasteiger partial charge in [0.2, 0.25) is 0 Å². The van der Waals surface area contributed by atoms with Gasteiger partial charge in [0, 0.05) is 5.56 Å². The first-order valence-electron chi connectivity index (χ1n) is 5.48. The maximum Gasteiger partial charge on any atom is 0.351 e. The molecular weight excluding hydrogens is 234 g/mol. The third-order valence-electron chi connectivity index (χ3n) is 2.23. The number of rotatable bonds is 4. The topological polar surface area (TPSA) is 77.1 Å². The fraction of sp³-hybridized carbons (Fsp3) is 0.250. The van der Waals surface area contributed by atoms with Gasteiger partial charge >= 0.3 is 11.7 Å². The lowest BCUT2D eigenvalue weighted by atomic mass is 10.2. The van der Waals surface area contributed by atoms with Crippen molar-refractivity contribution in [1.29, 1.82) is 0 Å². The van der Waals surface area contributed by atoms with Crippen molar-refractivity contribution in [3.05, 3.63) is 34.7 Å². The number of aromatic nitrogens is 3. The molecule has 0 spiro atoms. The van der Waals surface area contributed by atoms with E-state index in [-0.39, 0.29) is 6.01 Å². The Hall–Kier alpha value is -2.37. The van der Waals surface area contributed by atoms with E-state index in [9.17, 15) is 4.79 Å². The summed E-state index contributed by atoms with van der Waals surface area (Å²) in [6, 6.07) is 7.31. The van der Waals surface area contributed by atoms with E-state index in [1.54, 1.807) is 6.07 Å². The molecule has 0 saturated carbocycles. The van der Waals surface area contributed by atoms with Crippen LogP contribution >= 0.6 is 0 Å². The Balaban J connectivity index is 2.44. The minimum Gasteiger partial charge on any atom is -0.494 e. The summed E-state index contributed by atoms with van der Waals surface area (Å²) >= 11 is 0. The first-order chi connectivity index (χ1) is 8.72. The van der Waals surface area contributed by atoms with Gasteiger partial charge in [0.25, 0.3) is 0 Å². The molecular formula is C12H13N3O3. The highest BCUT2D eigenvalue weighted by Crippen LogP contribution is 2.20. The van der Waals surface area contributed by atoms with Gasteiger partial charge in [-0.05, 0) is 19.1 Å². The lowest BCUT2D eigenvalue weighted by molar-refractivity contribution is 0.340. The molecule has 0 aliphatic rings. The fourth-order valence-corrected chi connectivity index (χ4v) is 1.49. The first-order valence-corrected chi connectivity index (χ1v) is 5.48. The van der Waals surface area contributed by atoms with Crippen LogP contribution in [0.25, 0.3) is 11.4 Å². The van der Waals surface area contributed by atoms with Gasteiger partial charge in [-0.2, -0.15) is 4.98 Å². The van der Waals surface area contributed by atoms with Crippen LogP contribution in [0.2, 0.25) is 0 Å². The molecule has 0 fully saturated rings. The monoisotopic (exact) mass is 247 g/mol. The molecule has 0 aliphatic heterocycles. The van der Waals surface area contributed by atoms with Crippen molar-refractivity contribution in [2.24, 2.45) is 0 Å². The average Bonchev–Trinajstić information content (AvgIpc) is 2.39. The van der Waals surface area contributed by atoms with Crippen LogP contribution in [0.5, 0.6) is 11.8 Å². The van der Waals surface area contributed by atoms with Crippen LogP contribution in [-0.2, 0) is 0 Å². The van der Waals surface area contributed by atoms with Crippen molar-refractivity contribution in [3.8, 4) is 23.1 Å². The minimum absolute atomic E-state index is 0.0376. The molecule has 0 radical (unpaired) electrons. The predicted octanol–water partition coefficient (Wildman–Crippen LogP) is 1.24. The van der Waals surface area contributed by atoms with Gasteiger partial charge in [0.1, 0.15) is 11.6 Å². The number of ether oxygens (including phenoxy) is 2. The number of hydrogen-bond donors (Lipinski definition) is 1. The molecule has 0 aliphatic carbocycles. The van der Waals surface area contributed by atoms with Crippen molar-refractivity contribution in [2.75, 3.05) is 13.7 Å². The Bertz CT molecular complexity index is 595. The van der Waals surface area contributed by atoms with Gasteiger partial charge in [0.15, 0.2) is 0 Å². The van der Waals surface area contributed by atoms with E-state index < -0.39 is 5.69 Å². The van der Waals surface area contributed by atoms with Crippen LogP contribution in [0.15, 0.2) is 29.1 Å². The van der Waals surface area contributed by atoms with Crippen molar-refractivity contribution >= 4 is 0 Å². The lowest BCUT2D eigenvalue weighted by Gasteiger charge is -2.06. The molecule has 0 bridgehead atoms. The second-order valence-electron chi connectivity index (χ2n) is 3.45. The Morgan fingerprint density at radius 2 is 2.17 bits per heavy atom. The van der Waals surface area contributed by atoms with Crippen molar-refractivity contribution < 1.29 is 9.47 Å². The zero-order valence-corrected chi connectivity index (χ0v) is 10.1. The van der Waals surface area contributed by atoms with Gasteiger partial charge in [-0.25, -0.2) is 4.79 Å². The molecule has 18 heavy (non-hydrogen) atoms. The Morgan fingerprint density at radius 3 is 2.89 bits per heavy atom. The van der Waals surface area contributed by atoms with E-state index in [1.807, 2.05) is 25.1 Å². The second kappa shape index (κ2) is 5.31. The molecule has 0 amide bonds. The summed E-state index contributed by atoms with van der Waals surface area (Å²) in [7, 11) is 1.41. The zero-order valence-electron chi connectivity index (χ0n) is 10.1. The third-order valence-corrected chi connectivity index (χ3v) is 2.23. The number of aromatic amines is 1. The molecule has 2 aromatic rings. The van der Waals surface area contributed by atoms with Crippen molar-refractivity contribution in [3.63, 3.8) is 0 Å². The maximum atomic E-state index is 11.3. The molecule has 1 aromatic carbocycles. The van der Waals surface area contributed by atoms with Crippen molar-refractivity contribution in [2.45, 2.75) is 6.92 Å². The smallest absolute Gasteiger partial charge is 0.351 e. The fourth-order valence-electron chi connectivity index (χ4n) is 1.49. The average molecular weight is 247 g/mol. The van der Waals surface area contributed by atoms with E-state index in [4.69, 9.17) is 9.47 Å². The molecule has 0 atom stereocenters. The van der Waals surface area contributed by atoms with E-state index in [2.05, 4.69) is 15.0 Å². The highest BCUT2D eigenvalue weighted by molar-refractivity contribution is 5.57. The number of hydrogen-bond acceptors (Lipinski definition) is 5. The molecule has 0 saturated heterocycles. The molecule has 1 aromatic heterocycles. The predicted molar refractivity (Wildman–Crippen MR) is 65.8 cm³/mol. The van der Waals surface area contributed by atoms with Crippen LogP contribution in [0.4, 0.5) is 0 Å². The van der Waals surface area contributed by atoms with Gasteiger partial charge in [-0.15, -0.1) is 4.98 Å². The van der Waals surface area contributed by atoms with Gasteiger partial charge in [-0.1, -0.05) is 12.1 Å².